The van der Waals surface area contributed by atoms with E-state index in [0.717, 1.165) is 25.0 Å². The van der Waals surface area contributed by atoms with Gasteiger partial charge in [-0.2, -0.15) is 0 Å². The molecule has 0 aromatic carbocycles. The number of hydrogen-bond acceptors (Lipinski definition) is 13. The van der Waals surface area contributed by atoms with Crippen LogP contribution in [0.5, 0.6) is 0 Å². The van der Waals surface area contributed by atoms with E-state index >= 15 is 0 Å². The molecule has 0 amide bonds. The molecule has 3 atom stereocenters. The first kappa shape index (κ1) is 38.3. The van der Waals surface area contributed by atoms with E-state index in [2.05, 4.69) is 22.2 Å². The number of unbranched alkanes of at least 4 members (excludes halogenated alkanes) is 7. The van der Waals surface area contributed by atoms with Crippen LogP contribution in [0.4, 0.5) is 4.79 Å². The van der Waals surface area contributed by atoms with Crippen molar-refractivity contribution in [3.63, 3.8) is 0 Å². The molecule has 2 aromatic rings. The van der Waals surface area contributed by atoms with Gasteiger partial charge in [0, 0.05) is 18.8 Å². The third kappa shape index (κ3) is 14.2. The van der Waals surface area contributed by atoms with E-state index in [-0.39, 0.29) is 51.6 Å². The first-order chi connectivity index (χ1) is 22.9. The second kappa shape index (κ2) is 22.4. The Morgan fingerprint density at radius 3 is 2.28 bits per heavy atom. The van der Waals surface area contributed by atoms with Gasteiger partial charge in [-0.25, -0.2) is 14.3 Å². The highest BCUT2D eigenvalue weighted by Crippen LogP contribution is 2.30. The molecule has 0 spiro atoms. The average Bonchev–Trinajstić information content (AvgIpc) is 3.68. The molecule has 3 rings (SSSR count). The molecule has 266 valence electrons. The molecular formula is C31H51N5O11. The lowest BCUT2D eigenvalue weighted by molar-refractivity contribution is -0.0601. The van der Waals surface area contributed by atoms with Gasteiger partial charge in [0.2, 0.25) is 0 Å². The average molecular weight is 670 g/mol. The summed E-state index contributed by atoms with van der Waals surface area (Å²) in [6, 6.07) is 0. The number of carbonyl (C=O) groups excluding carboxylic acids is 1. The van der Waals surface area contributed by atoms with Crippen molar-refractivity contribution in [2.24, 2.45) is 0 Å². The first-order valence-corrected chi connectivity index (χ1v) is 16.6. The molecule has 0 unspecified atom stereocenters. The van der Waals surface area contributed by atoms with Gasteiger partial charge in [0.05, 0.1) is 70.7 Å². The van der Waals surface area contributed by atoms with Crippen molar-refractivity contribution < 1.29 is 43.4 Å². The SMILES string of the molecule is CCCCCCCCCCc1cn(Cc2cn([C@H]3C[C@H](OC(=O)OCCOCCOCCOCCO)[C@@H](CO)O3)c(=O)[nH]c2=O)nn1. The molecule has 3 heterocycles. The zero-order valence-corrected chi connectivity index (χ0v) is 27.4. The molecule has 0 bridgehead atoms. The van der Waals surface area contributed by atoms with Gasteiger partial charge < -0.3 is 38.6 Å². The lowest BCUT2D eigenvalue weighted by Gasteiger charge is -2.16. The summed E-state index contributed by atoms with van der Waals surface area (Å²) in [5.74, 6) is 0. The zero-order chi connectivity index (χ0) is 33.7. The number of aromatic amines is 1. The number of aliphatic hydroxyl groups excluding tert-OH is 2. The quantitative estimate of drug-likeness (QED) is 0.102. The number of nitrogens with one attached hydrogen (secondary N) is 1. The monoisotopic (exact) mass is 669 g/mol. The van der Waals surface area contributed by atoms with Crippen molar-refractivity contribution in [3.05, 3.63) is 44.5 Å². The highest BCUT2D eigenvalue weighted by atomic mass is 16.7. The van der Waals surface area contributed by atoms with Crippen LogP contribution in [-0.2, 0) is 41.4 Å². The van der Waals surface area contributed by atoms with E-state index in [9.17, 15) is 19.5 Å². The van der Waals surface area contributed by atoms with Gasteiger partial charge in [-0.05, 0) is 12.8 Å². The van der Waals surface area contributed by atoms with Crippen LogP contribution in [0.3, 0.4) is 0 Å². The van der Waals surface area contributed by atoms with Crippen molar-refractivity contribution in [1.82, 2.24) is 24.5 Å². The van der Waals surface area contributed by atoms with E-state index in [4.69, 9.17) is 33.5 Å². The number of carbonyl (C=O) groups is 1. The minimum absolute atomic E-state index is 0.0394. The topological polar surface area (TPSA) is 198 Å². The minimum Gasteiger partial charge on any atom is -0.432 e. The maximum atomic E-state index is 12.7. The molecule has 1 aliphatic heterocycles. The molecule has 1 fully saturated rings. The Balaban J connectivity index is 1.42. The molecule has 47 heavy (non-hydrogen) atoms. The standard InChI is InChI=1S/C31H51N5O11/c1-2-3-4-5-6-7-8-9-10-25-22-35(34-33-25)20-24-21-36(30(40)32-29(24)39)28-19-26(27(23-38)46-28)47-31(41)45-18-17-44-16-15-43-14-13-42-12-11-37/h21-22,26-28,37-38H,2-20,23H2,1H3,(H,32,39,40)/t26-,27+,28+/m0/s1. The maximum Gasteiger partial charge on any atom is 0.508 e. The Morgan fingerprint density at radius 1 is 0.936 bits per heavy atom. The van der Waals surface area contributed by atoms with Crippen molar-refractivity contribution in [2.45, 2.75) is 96.1 Å². The summed E-state index contributed by atoms with van der Waals surface area (Å²) in [7, 11) is 0. The number of ether oxygens (including phenoxy) is 6. The number of aromatic nitrogens is 5. The smallest absolute Gasteiger partial charge is 0.432 e. The zero-order valence-electron chi connectivity index (χ0n) is 27.4. The second-order valence-electron chi connectivity index (χ2n) is 11.3. The summed E-state index contributed by atoms with van der Waals surface area (Å²) >= 11 is 0. The molecule has 0 aliphatic carbocycles. The normalized spacial score (nSPS) is 17.7. The van der Waals surface area contributed by atoms with Crippen LogP contribution in [0, 0.1) is 0 Å². The Hall–Kier alpha value is -3.15. The number of hydrogen-bond donors (Lipinski definition) is 3. The molecule has 16 heteroatoms. The van der Waals surface area contributed by atoms with E-state index in [1.54, 1.807) is 10.9 Å². The predicted octanol–water partition coefficient (Wildman–Crippen LogP) is 1.70. The summed E-state index contributed by atoms with van der Waals surface area (Å²) in [5, 5.41) is 26.8. The third-order valence-corrected chi connectivity index (χ3v) is 7.59. The fourth-order valence-electron chi connectivity index (χ4n) is 5.11. The lowest BCUT2D eigenvalue weighted by atomic mass is 10.1. The molecule has 1 aliphatic rings. The van der Waals surface area contributed by atoms with Crippen LogP contribution >= 0.6 is 0 Å². The van der Waals surface area contributed by atoms with Gasteiger partial charge in [0.15, 0.2) is 0 Å². The summed E-state index contributed by atoms with van der Waals surface area (Å²) in [6.07, 6.45) is 10.1. The van der Waals surface area contributed by atoms with Crippen LogP contribution in [0.25, 0.3) is 0 Å². The van der Waals surface area contributed by atoms with Crippen molar-refractivity contribution in [3.8, 4) is 0 Å². The second-order valence-corrected chi connectivity index (χ2v) is 11.3. The van der Waals surface area contributed by atoms with E-state index in [1.807, 2.05) is 0 Å². The Bertz CT molecular complexity index is 1270. The summed E-state index contributed by atoms with van der Waals surface area (Å²) in [5.41, 5.74) is -0.145. The Morgan fingerprint density at radius 2 is 1.60 bits per heavy atom. The van der Waals surface area contributed by atoms with Gasteiger partial charge in [-0.15, -0.1) is 5.10 Å². The van der Waals surface area contributed by atoms with Gasteiger partial charge in [-0.1, -0.05) is 57.1 Å². The largest absolute Gasteiger partial charge is 0.508 e. The van der Waals surface area contributed by atoms with Gasteiger partial charge in [0.25, 0.3) is 5.56 Å². The van der Waals surface area contributed by atoms with E-state index in [1.165, 1.54) is 49.3 Å². The lowest BCUT2D eigenvalue weighted by Crippen LogP contribution is -2.34. The van der Waals surface area contributed by atoms with Gasteiger partial charge in [-0.3, -0.25) is 14.3 Å². The van der Waals surface area contributed by atoms with E-state index < -0.39 is 42.4 Å². The van der Waals surface area contributed by atoms with Crippen LogP contribution in [0.15, 0.2) is 22.0 Å². The van der Waals surface area contributed by atoms with Crippen molar-refractivity contribution >= 4 is 6.16 Å². The van der Waals surface area contributed by atoms with Crippen molar-refractivity contribution in [2.75, 3.05) is 59.5 Å². The maximum absolute atomic E-state index is 12.7. The number of aliphatic hydroxyl groups is 2. The third-order valence-electron chi connectivity index (χ3n) is 7.59. The summed E-state index contributed by atoms with van der Waals surface area (Å²) < 4.78 is 34.7. The van der Waals surface area contributed by atoms with Crippen molar-refractivity contribution in [1.29, 1.82) is 0 Å². The number of nitrogens with zero attached hydrogens (tertiary/aromatic N) is 4. The fraction of sp³-hybridized carbons (Fsp3) is 0.774. The minimum atomic E-state index is -0.970. The van der Waals surface area contributed by atoms with E-state index in [0.29, 0.717) is 19.8 Å². The first-order valence-electron chi connectivity index (χ1n) is 16.6. The molecule has 0 radical (unpaired) electrons. The molecule has 16 nitrogen and oxygen atoms in total. The van der Waals surface area contributed by atoms with Gasteiger partial charge in [0.1, 0.15) is 25.0 Å². The number of rotatable bonds is 25. The number of aryl methyl sites for hydroxylation is 1. The van der Waals surface area contributed by atoms with Crippen LogP contribution in [0.2, 0.25) is 0 Å². The molecule has 0 saturated carbocycles. The molecule has 2 aromatic heterocycles. The highest BCUT2D eigenvalue weighted by molar-refractivity contribution is 5.60. The summed E-state index contributed by atoms with van der Waals surface area (Å²) in [6.45, 7) is 3.48. The fourth-order valence-corrected chi connectivity index (χ4v) is 5.11. The summed E-state index contributed by atoms with van der Waals surface area (Å²) in [4.78, 5) is 39.9. The molecule has 1 saturated heterocycles. The highest BCUT2D eigenvalue weighted by Gasteiger charge is 2.39. The predicted molar refractivity (Wildman–Crippen MR) is 168 cm³/mol. The van der Waals surface area contributed by atoms with Gasteiger partial charge >= 0.3 is 11.8 Å². The Kier molecular flexibility index (Phi) is 18.3. The van der Waals surface area contributed by atoms with Crippen LogP contribution < -0.4 is 11.2 Å². The number of H-pyrrole nitrogens is 1. The Labute approximate surface area is 274 Å². The van der Waals surface area contributed by atoms with Crippen LogP contribution in [-0.4, -0.2) is 113 Å². The molecular weight excluding hydrogens is 618 g/mol. The van der Waals surface area contributed by atoms with Crippen LogP contribution in [0.1, 0.15) is 82.2 Å². The molecule has 3 N–H and O–H groups in total.